The molecule has 1 saturated heterocycles. The van der Waals surface area contributed by atoms with Gasteiger partial charge in [0.25, 0.3) is 5.91 Å². The topological polar surface area (TPSA) is 45.7 Å². The van der Waals surface area contributed by atoms with Crippen LogP contribution in [0.3, 0.4) is 0 Å². The minimum absolute atomic E-state index is 0.0244. The summed E-state index contributed by atoms with van der Waals surface area (Å²) in [7, 11) is 0. The number of rotatable bonds is 7. The quantitative estimate of drug-likeness (QED) is 0.655. The Labute approximate surface area is 190 Å². The van der Waals surface area contributed by atoms with Crippen LogP contribution in [0.15, 0.2) is 36.7 Å². The smallest absolute Gasteiger partial charge is 0.253 e. The first-order chi connectivity index (χ1) is 15.5. The summed E-state index contributed by atoms with van der Waals surface area (Å²) in [5, 5.41) is 0. The number of morpholine rings is 1. The maximum Gasteiger partial charge on any atom is 0.253 e. The third kappa shape index (κ3) is 5.73. The van der Waals surface area contributed by atoms with Gasteiger partial charge in [0.05, 0.1) is 12.8 Å². The van der Waals surface area contributed by atoms with E-state index in [2.05, 4.69) is 41.9 Å². The molecule has 0 N–H and O–H groups in total. The van der Waals surface area contributed by atoms with Gasteiger partial charge in [0.1, 0.15) is 11.9 Å². The molecular weight excluding hydrogens is 405 g/mol. The van der Waals surface area contributed by atoms with Gasteiger partial charge in [-0.05, 0) is 54.4 Å². The van der Waals surface area contributed by atoms with E-state index < -0.39 is 6.10 Å². The molecule has 2 aliphatic rings. The number of ether oxygens (including phenoxy) is 1. The Morgan fingerprint density at radius 3 is 2.84 bits per heavy atom. The maximum absolute atomic E-state index is 14.0. The van der Waals surface area contributed by atoms with Crippen LogP contribution in [0, 0.1) is 11.7 Å². The molecule has 2 heterocycles. The number of aryl methyl sites for hydroxylation is 2. The number of fused-ring (bicyclic) bond motifs is 1. The molecule has 1 aromatic carbocycles. The third-order valence-corrected chi connectivity index (χ3v) is 6.36. The van der Waals surface area contributed by atoms with Crippen molar-refractivity contribution >= 4 is 5.91 Å². The number of hydrogen-bond acceptors (Lipinski definition) is 4. The lowest BCUT2D eigenvalue weighted by Gasteiger charge is -2.35. The Balaban J connectivity index is 1.44. The molecule has 1 aliphatic carbocycles. The zero-order valence-electron chi connectivity index (χ0n) is 19.2. The van der Waals surface area contributed by atoms with Crippen LogP contribution < -0.4 is 0 Å². The van der Waals surface area contributed by atoms with Crippen LogP contribution in [0.25, 0.3) is 0 Å². The van der Waals surface area contributed by atoms with Crippen molar-refractivity contribution in [1.29, 1.82) is 0 Å². The molecule has 1 amide bonds. The van der Waals surface area contributed by atoms with Crippen LogP contribution in [0.4, 0.5) is 4.39 Å². The van der Waals surface area contributed by atoms with Gasteiger partial charge in [-0.15, -0.1) is 0 Å². The SMILES string of the molecule is CC(C)CN(Cc1ccc2c(c1)CCCC2)C(=O)C1CN(Cc2ccncc2F)CCO1. The summed E-state index contributed by atoms with van der Waals surface area (Å²) in [5.41, 5.74) is 4.67. The number of amides is 1. The highest BCUT2D eigenvalue weighted by Crippen LogP contribution is 2.23. The average Bonchev–Trinajstić information content (AvgIpc) is 2.79. The minimum Gasteiger partial charge on any atom is -0.366 e. The molecule has 0 radical (unpaired) electrons. The molecule has 1 atom stereocenters. The standard InChI is InChI=1S/C26H34FN3O2/c1-19(2)15-30(16-20-7-8-21-5-3-4-6-22(21)13-20)26(31)25-18-29(11-12-32-25)17-23-9-10-28-14-24(23)27/h7-10,13-14,19,25H,3-6,11-12,15-18H2,1-2H3. The lowest BCUT2D eigenvalue weighted by molar-refractivity contribution is -0.151. The van der Waals surface area contributed by atoms with Gasteiger partial charge in [-0.1, -0.05) is 32.0 Å². The Hall–Kier alpha value is -2.31. The van der Waals surface area contributed by atoms with Crippen LogP contribution in [-0.4, -0.2) is 53.0 Å². The predicted octanol–water partition coefficient (Wildman–Crippen LogP) is 3.99. The number of benzene rings is 1. The molecule has 2 aromatic rings. The van der Waals surface area contributed by atoms with Crippen molar-refractivity contribution in [2.75, 3.05) is 26.2 Å². The molecule has 32 heavy (non-hydrogen) atoms. The van der Waals surface area contributed by atoms with E-state index in [0.717, 1.165) is 12.8 Å². The third-order valence-electron chi connectivity index (χ3n) is 6.36. The highest BCUT2D eigenvalue weighted by Gasteiger charge is 2.31. The molecule has 1 aliphatic heterocycles. The number of carbonyl (C=O) groups excluding carboxylic acids is 1. The molecule has 4 rings (SSSR count). The fraction of sp³-hybridized carbons (Fsp3) is 0.538. The Morgan fingerprint density at radius 1 is 1.25 bits per heavy atom. The second kappa shape index (κ2) is 10.5. The van der Waals surface area contributed by atoms with Gasteiger partial charge in [0.15, 0.2) is 0 Å². The molecule has 6 heteroatoms. The van der Waals surface area contributed by atoms with Crippen molar-refractivity contribution in [3.8, 4) is 0 Å². The molecular formula is C26H34FN3O2. The first-order valence-corrected chi connectivity index (χ1v) is 11.8. The van der Waals surface area contributed by atoms with Gasteiger partial charge in [-0.25, -0.2) is 4.39 Å². The van der Waals surface area contributed by atoms with E-state index in [1.54, 1.807) is 12.3 Å². The normalized spacial score (nSPS) is 19.1. The van der Waals surface area contributed by atoms with Crippen molar-refractivity contribution in [2.24, 2.45) is 5.92 Å². The Morgan fingerprint density at radius 2 is 2.06 bits per heavy atom. The number of nitrogens with zero attached hydrogens (tertiary/aromatic N) is 3. The van der Waals surface area contributed by atoms with E-state index >= 15 is 0 Å². The summed E-state index contributed by atoms with van der Waals surface area (Å²) in [6, 6.07) is 8.40. The minimum atomic E-state index is -0.523. The first-order valence-electron chi connectivity index (χ1n) is 11.8. The number of halogens is 1. The molecule has 1 unspecified atom stereocenters. The maximum atomic E-state index is 14.0. The molecule has 1 aromatic heterocycles. The Kier molecular flexibility index (Phi) is 7.53. The molecule has 0 bridgehead atoms. The summed E-state index contributed by atoms with van der Waals surface area (Å²) in [5.74, 6) is 0.0780. The van der Waals surface area contributed by atoms with Gasteiger partial charge >= 0.3 is 0 Å². The summed E-state index contributed by atoms with van der Waals surface area (Å²) in [6.45, 7) is 7.63. The molecule has 1 fully saturated rings. The highest BCUT2D eigenvalue weighted by molar-refractivity contribution is 5.81. The van der Waals surface area contributed by atoms with E-state index in [9.17, 15) is 9.18 Å². The first kappa shape index (κ1) is 22.9. The van der Waals surface area contributed by atoms with Crippen LogP contribution >= 0.6 is 0 Å². The second-order valence-corrected chi connectivity index (χ2v) is 9.48. The summed E-state index contributed by atoms with van der Waals surface area (Å²) < 4.78 is 19.9. The van der Waals surface area contributed by atoms with Crippen molar-refractivity contribution < 1.29 is 13.9 Å². The van der Waals surface area contributed by atoms with E-state index in [-0.39, 0.29) is 11.7 Å². The van der Waals surface area contributed by atoms with Crippen molar-refractivity contribution in [2.45, 2.75) is 58.7 Å². The summed E-state index contributed by atoms with van der Waals surface area (Å²) >= 11 is 0. The van der Waals surface area contributed by atoms with E-state index in [1.807, 2.05) is 4.90 Å². The lowest BCUT2D eigenvalue weighted by atomic mass is 9.90. The summed E-state index contributed by atoms with van der Waals surface area (Å²) in [6.07, 6.45) is 7.12. The molecule has 5 nitrogen and oxygen atoms in total. The fourth-order valence-corrected chi connectivity index (χ4v) is 4.75. The fourth-order valence-electron chi connectivity index (χ4n) is 4.75. The van der Waals surface area contributed by atoms with Crippen molar-refractivity contribution in [3.05, 3.63) is 64.7 Å². The molecule has 0 saturated carbocycles. The Bertz CT molecular complexity index is 933. The van der Waals surface area contributed by atoms with E-state index in [4.69, 9.17) is 4.74 Å². The van der Waals surface area contributed by atoms with E-state index in [1.165, 1.54) is 35.7 Å². The number of pyridine rings is 1. The second-order valence-electron chi connectivity index (χ2n) is 9.48. The molecule has 0 spiro atoms. The van der Waals surface area contributed by atoms with Gasteiger partial charge in [-0.3, -0.25) is 14.7 Å². The monoisotopic (exact) mass is 439 g/mol. The van der Waals surface area contributed by atoms with Crippen LogP contribution in [-0.2, 0) is 35.5 Å². The van der Waals surface area contributed by atoms with Gasteiger partial charge in [-0.2, -0.15) is 0 Å². The predicted molar refractivity (Wildman–Crippen MR) is 123 cm³/mol. The van der Waals surface area contributed by atoms with Crippen molar-refractivity contribution in [3.63, 3.8) is 0 Å². The number of aromatic nitrogens is 1. The average molecular weight is 440 g/mol. The zero-order chi connectivity index (χ0) is 22.5. The van der Waals surface area contributed by atoms with Crippen molar-refractivity contribution in [1.82, 2.24) is 14.8 Å². The number of hydrogen-bond donors (Lipinski definition) is 0. The van der Waals surface area contributed by atoms with Crippen LogP contribution in [0.5, 0.6) is 0 Å². The lowest BCUT2D eigenvalue weighted by Crippen LogP contribution is -2.51. The highest BCUT2D eigenvalue weighted by atomic mass is 19.1. The van der Waals surface area contributed by atoms with Gasteiger partial charge in [0, 0.05) is 44.5 Å². The van der Waals surface area contributed by atoms with Gasteiger partial charge in [0.2, 0.25) is 0 Å². The van der Waals surface area contributed by atoms with E-state index in [0.29, 0.717) is 50.8 Å². The van der Waals surface area contributed by atoms with Crippen LogP contribution in [0.1, 0.15) is 48.9 Å². The largest absolute Gasteiger partial charge is 0.366 e. The number of carbonyl (C=O) groups is 1. The zero-order valence-corrected chi connectivity index (χ0v) is 19.2. The molecule has 172 valence electrons. The summed E-state index contributed by atoms with van der Waals surface area (Å²) in [4.78, 5) is 21.3. The van der Waals surface area contributed by atoms with Gasteiger partial charge < -0.3 is 9.64 Å². The van der Waals surface area contributed by atoms with Crippen LogP contribution in [0.2, 0.25) is 0 Å².